The van der Waals surface area contributed by atoms with Gasteiger partial charge < -0.3 is 9.84 Å². The number of methoxy groups -OCH3 is 1. The molecule has 0 unspecified atom stereocenters. The molecule has 7 nitrogen and oxygen atoms in total. The van der Waals surface area contributed by atoms with Crippen molar-refractivity contribution in [3.8, 4) is 17.6 Å². The van der Waals surface area contributed by atoms with Crippen molar-refractivity contribution in [2.24, 2.45) is 0 Å². The van der Waals surface area contributed by atoms with Crippen molar-refractivity contribution in [3.05, 3.63) is 69.0 Å². The summed E-state index contributed by atoms with van der Waals surface area (Å²) < 4.78 is 32.7. The molecule has 0 saturated carbocycles. The fourth-order valence-electron chi connectivity index (χ4n) is 2.23. The van der Waals surface area contributed by atoms with E-state index < -0.39 is 16.0 Å². The van der Waals surface area contributed by atoms with Gasteiger partial charge in [0.1, 0.15) is 5.75 Å². The predicted octanol–water partition coefficient (Wildman–Crippen LogP) is 3.70. The molecule has 0 aliphatic heterocycles. The fraction of sp³-hybridized carbons (Fsp3) is 0.0526. The van der Waals surface area contributed by atoms with Gasteiger partial charge in [-0.25, -0.2) is 9.78 Å². The van der Waals surface area contributed by atoms with E-state index in [4.69, 9.17) is 21.4 Å². The quantitative estimate of drug-likeness (QED) is 0.576. The third-order valence-electron chi connectivity index (χ3n) is 3.63. The summed E-state index contributed by atoms with van der Waals surface area (Å²) in [4.78, 5) is 15.1. The van der Waals surface area contributed by atoms with E-state index in [9.17, 15) is 13.2 Å². The minimum atomic E-state index is -4.02. The van der Waals surface area contributed by atoms with Crippen LogP contribution in [-0.2, 0) is 10.0 Å². The fourth-order valence-corrected chi connectivity index (χ4v) is 4.42. The summed E-state index contributed by atoms with van der Waals surface area (Å²) >= 11 is 7.12. The monoisotopic (exact) mass is 448 g/mol. The molecule has 2 aromatic carbocycles. The second-order valence-corrected chi connectivity index (χ2v) is 8.44. The van der Waals surface area contributed by atoms with Crippen LogP contribution in [0.15, 0.2) is 52.9 Å². The van der Waals surface area contributed by atoms with Gasteiger partial charge in [0.05, 0.1) is 23.4 Å². The number of rotatable bonds is 5. The number of aromatic carboxylic acids is 1. The summed E-state index contributed by atoms with van der Waals surface area (Å²) in [6.45, 7) is 0. The second-order valence-electron chi connectivity index (χ2n) is 5.55. The van der Waals surface area contributed by atoms with Crippen LogP contribution in [0.25, 0.3) is 0 Å². The van der Waals surface area contributed by atoms with Crippen LogP contribution in [0.5, 0.6) is 5.75 Å². The molecule has 0 aliphatic carbocycles. The number of thiazole rings is 1. The molecule has 1 aromatic heterocycles. The van der Waals surface area contributed by atoms with Crippen LogP contribution >= 0.6 is 22.9 Å². The molecule has 0 aliphatic rings. The van der Waals surface area contributed by atoms with Gasteiger partial charge in [0.25, 0.3) is 10.0 Å². The highest BCUT2D eigenvalue weighted by atomic mass is 35.5. The summed E-state index contributed by atoms with van der Waals surface area (Å²) in [6.07, 6.45) is 0. The third kappa shape index (κ3) is 4.86. The van der Waals surface area contributed by atoms with Crippen molar-refractivity contribution in [3.63, 3.8) is 0 Å². The van der Waals surface area contributed by atoms with Gasteiger partial charge in [0.15, 0.2) is 10.0 Å². The van der Waals surface area contributed by atoms with Crippen molar-refractivity contribution >= 4 is 44.6 Å². The van der Waals surface area contributed by atoms with E-state index in [1.807, 2.05) is 0 Å². The molecule has 10 heteroatoms. The first kappa shape index (κ1) is 20.7. The number of carboxylic acid groups (broad SMARTS) is 1. The highest BCUT2D eigenvalue weighted by Gasteiger charge is 2.20. The van der Waals surface area contributed by atoms with E-state index in [1.54, 1.807) is 24.3 Å². The van der Waals surface area contributed by atoms with Gasteiger partial charge in [0.2, 0.25) is 0 Å². The van der Waals surface area contributed by atoms with Crippen LogP contribution in [0.3, 0.4) is 0 Å². The Labute approximate surface area is 176 Å². The summed E-state index contributed by atoms with van der Waals surface area (Å²) in [7, 11) is -2.71. The Morgan fingerprint density at radius 2 is 2.00 bits per heavy atom. The Morgan fingerprint density at radius 1 is 1.24 bits per heavy atom. The number of carbonyl (C=O) groups is 1. The molecule has 148 valence electrons. The highest BCUT2D eigenvalue weighted by molar-refractivity contribution is 7.92. The highest BCUT2D eigenvalue weighted by Crippen LogP contribution is 2.28. The van der Waals surface area contributed by atoms with Crippen molar-refractivity contribution < 1.29 is 23.1 Å². The van der Waals surface area contributed by atoms with Crippen molar-refractivity contribution in [1.82, 2.24) is 4.98 Å². The molecule has 0 fully saturated rings. The summed E-state index contributed by atoms with van der Waals surface area (Å²) in [6, 6.07) is 10.8. The topological polar surface area (TPSA) is 106 Å². The van der Waals surface area contributed by atoms with Crippen LogP contribution < -0.4 is 9.46 Å². The number of sulfonamides is 1. The molecule has 2 N–H and O–H groups in total. The van der Waals surface area contributed by atoms with E-state index in [0.717, 1.165) is 11.3 Å². The Hall–Kier alpha value is -3.06. The maximum absolute atomic E-state index is 12.6. The minimum Gasteiger partial charge on any atom is -0.495 e. The molecule has 1 heterocycles. The summed E-state index contributed by atoms with van der Waals surface area (Å²) in [5, 5.41) is 11.0. The molecule has 0 radical (unpaired) electrons. The van der Waals surface area contributed by atoms with Gasteiger partial charge in [-0.2, -0.15) is 8.42 Å². The predicted molar refractivity (Wildman–Crippen MR) is 110 cm³/mol. The molecule has 0 saturated heterocycles. The van der Waals surface area contributed by atoms with E-state index in [1.165, 1.54) is 30.7 Å². The van der Waals surface area contributed by atoms with Crippen LogP contribution in [0.4, 0.5) is 5.69 Å². The normalized spacial score (nSPS) is 10.7. The summed E-state index contributed by atoms with van der Waals surface area (Å²) in [5.41, 5.74) is 0.667. The van der Waals surface area contributed by atoms with Crippen LogP contribution in [-0.4, -0.2) is 31.6 Å². The number of aromatic nitrogens is 1. The van der Waals surface area contributed by atoms with Gasteiger partial charge in [-0.05, 0) is 36.3 Å². The Balaban J connectivity index is 1.85. The van der Waals surface area contributed by atoms with Gasteiger partial charge in [-0.1, -0.05) is 29.7 Å². The van der Waals surface area contributed by atoms with E-state index in [0.29, 0.717) is 15.6 Å². The molecular formula is C19H13ClN2O5S2. The number of anilines is 1. The standard InChI is InChI=1S/C19H13ClN2O5S2/c1-27-16-10-13(19(23)24)6-8-15(16)22-29(25,26)18-11-28-17(21-18)9-7-12-4-2-3-5-14(12)20/h2-6,8,10-11,22H,1H3,(H,23,24). The number of ether oxygens (including phenoxy) is 1. The molecule has 0 bridgehead atoms. The number of halogens is 1. The average molecular weight is 449 g/mol. The van der Waals surface area contributed by atoms with Crippen molar-refractivity contribution in [2.75, 3.05) is 11.8 Å². The van der Waals surface area contributed by atoms with E-state index in [2.05, 4.69) is 21.5 Å². The minimum absolute atomic E-state index is 0.0319. The number of nitrogens with zero attached hydrogens (tertiary/aromatic N) is 1. The molecule has 29 heavy (non-hydrogen) atoms. The lowest BCUT2D eigenvalue weighted by Gasteiger charge is -2.11. The van der Waals surface area contributed by atoms with Gasteiger partial charge in [0, 0.05) is 10.9 Å². The number of nitrogens with one attached hydrogen (secondary N) is 1. The van der Waals surface area contributed by atoms with Gasteiger partial charge in [-0.15, -0.1) is 11.3 Å². The van der Waals surface area contributed by atoms with E-state index >= 15 is 0 Å². The number of carboxylic acids is 1. The zero-order valence-electron chi connectivity index (χ0n) is 14.8. The lowest BCUT2D eigenvalue weighted by atomic mass is 10.2. The second kappa shape index (κ2) is 8.53. The zero-order valence-corrected chi connectivity index (χ0v) is 17.2. The molecule has 0 spiro atoms. The molecule has 3 aromatic rings. The zero-order chi connectivity index (χ0) is 21.0. The smallest absolute Gasteiger partial charge is 0.335 e. The Kier molecular flexibility index (Phi) is 6.08. The van der Waals surface area contributed by atoms with Crippen LogP contribution in [0, 0.1) is 11.8 Å². The van der Waals surface area contributed by atoms with E-state index in [-0.39, 0.29) is 22.0 Å². The largest absolute Gasteiger partial charge is 0.495 e. The summed E-state index contributed by atoms with van der Waals surface area (Å²) in [5.74, 6) is 4.56. The number of hydrogen-bond donors (Lipinski definition) is 2. The van der Waals surface area contributed by atoms with Crippen LogP contribution in [0.1, 0.15) is 20.9 Å². The van der Waals surface area contributed by atoms with Crippen molar-refractivity contribution in [2.45, 2.75) is 5.03 Å². The number of hydrogen-bond acceptors (Lipinski definition) is 6. The first-order chi connectivity index (χ1) is 13.8. The number of benzene rings is 2. The van der Waals surface area contributed by atoms with Gasteiger partial charge in [-0.3, -0.25) is 4.72 Å². The third-order valence-corrected chi connectivity index (χ3v) is 6.11. The first-order valence-electron chi connectivity index (χ1n) is 7.96. The lowest BCUT2D eigenvalue weighted by Crippen LogP contribution is -2.14. The van der Waals surface area contributed by atoms with Gasteiger partial charge >= 0.3 is 5.97 Å². The average Bonchev–Trinajstić information content (AvgIpc) is 3.17. The van der Waals surface area contributed by atoms with Crippen LogP contribution in [0.2, 0.25) is 5.02 Å². The maximum atomic E-state index is 12.6. The Morgan fingerprint density at radius 3 is 2.69 bits per heavy atom. The SMILES string of the molecule is COc1cc(C(=O)O)ccc1NS(=O)(=O)c1csc(C#Cc2ccccc2Cl)n1. The van der Waals surface area contributed by atoms with Crippen molar-refractivity contribution in [1.29, 1.82) is 0 Å². The molecule has 0 atom stereocenters. The first-order valence-corrected chi connectivity index (χ1v) is 10.7. The molecular weight excluding hydrogens is 436 g/mol. The molecule has 0 amide bonds. The Bertz CT molecular complexity index is 1240. The lowest BCUT2D eigenvalue weighted by molar-refractivity contribution is 0.0696. The molecule has 3 rings (SSSR count). The maximum Gasteiger partial charge on any atom is 0.335 e.